The first-order valence-electron chi connectivity index (χ1n) is 6.14. The average Bonchev–Trinajstić information content (AvgIpc) is 2.48. The standard InChI is InChI=1S/C17H13NO.Al.3H/c19-16-11-10-14(15-7-4-12-18-17(15)16)9-8-13-5-2-1-3-6-13;;;;/h1-12,19H;;;;. The number of fused-ring (bicyclic) bond motifs is 1. The molecule has 1 heterocycles. The van der Waals surface area contributed by atoms with Gasteiger partial charge in [-0.05, 0) is 23.3 Å². The van der Waals surface area contributed by atoms with Gasteiger partial charge in [0.05, 0.1) is 0 Å². The zero-order valence-electron chi connectivity index (χ0n) is 10.3. The van der Waals surface area contributed by atoms with Crippen LogP contribution in [0.25, 0.3) is 23.1 Å². The lowest BCUT2D eigenvalue weighted by atomic mass is 10.1. The molecule has 0 bridgehead atoms. The number of nitrogens with zero attached hydrogens (tertiary/aromatic N) is 1. The van der Waals surface area contributed by atoms with Crippen LogP contribution in [0.15, 0.2) is 60.8 Å². The molecule has 0 atom stereocenters. The molecule has 2 nitrogen and oxygen atoms in total. The van der Waals surface area contributed by atoms with Crippen molar-refractivity contribution in [2.45, 2.75) is 0 Å². The van der Waals surface area contributed by atoms with E-state index in [0.29, 0.717) is 5.52 Å². The predicted octanol–water partition coefficient (Wildman–Crippen LogP) is 2.93. The van der Waals surface area contributed by atoms with Gasteiger partial charge in [-0.3, -0.25) is 4.98 Å². The second-order valence-corrected chi connectivity index (χ2v) is 4.32. The third kappa shape index (κ3) is 2.91. The first-order valence-corrected chi connectivity index (χ1v) is 6.14. The Morgan fingerprint density at radius 2 is 1.65 bits per heavy atom. The van der Waals surface area contributed by atoms with Crippen LogP contribution in [0.2, 0.25) is 0 Å². The fourth-order valence-electron chi connectivity index (χ4n) is 2.08. The number of benzene rings is 2. The van der Waals surface area contributed by atoms with E-state index in [9.17, 15) is 5.11 Å². The Kier molecular flexibility index (Phi) is 4.58. The van der Waals surface area contributed by atoms with Gasteiger partial charge in [0.1, 0.15) is 11.3 Å². The van der Waals surface area contributed by atoms with Crippen molar-refractivity contribution in [3.63, 3.8) is 0 Å². The molecule has 3 heteroatoms. The minimum Gasteiger partial charge on any atom is -0.506 e. The lowest BCUT2D eigenvalue weighted by molar-refractivity contribution is 0.480. The topological polar surface area (TPSA) is 33.1 Å². The highest BCUT2D eigenvalue weighted by Gasteiger charge is 2.03. The van der Waals surface area contributed by atoms with E-state index in [-0.39, 0.29) is 23.1 Å². The van der Waals surface area contributed by atoms with Crippen LogP contribution in [0, 0.1) is 0 Å². The van der Waals surface area contributed by atoms with Crippen molar-refractivity contribution in [3.8, 4) is 5.75 Å². The van der Waals surface area contributed by atoms with Crippen LogP contribution >= 0.6 is 0 Å². The van der Waals surface area contributed by atoms with E-state index >= 15 is 0 Å². The Hall–Kier alpha value is -2.08. The maximum atomic E-state index is 9.79. The van der Waals surface area contributed by atoms with Crippen molar-refractivity contribution < 1.29 is 5.11 Å². The monoisotopic (exact) mass is 277 g/mol. The van der Waals surface area contributed by atoms with Gasteiger partial charge in [0.25, 0.3) is 0 Å². The normalized spacial score (nSPS) is 10.6. The molecule has 3 rings (SSSR count). The molecule has 2 aromatic carbocycles. The second kappa shape index (κ2) is 6.38. The van der Waals surface area contributed by atoms with E-state index in [0.717, 1.165) is 16.5 Å². The quantitative estimate of drug-likeness (QED) is 0.577. The Morgan fingerprint density at radius 1 is 0.850 bits per heavy atom. The van der Waals surface area contributed by atoms with Crippen molar-refractivity contribution in [2.24, 2.45) is 0 Å². The predicted molar refractivity (Wildman–Crippen MR) is 88.7 cm³/mol. The zero-order chi connectivity index (χ0) is 13.1. The first-order chi connectivity index (χ1) is 9.34. The number of aromatic nitrogens is 1. The lowest BCUT2D eigenvalue weighted by Gasteiger charge is -2.03. The van der Waals surface area contributed by atoms with Gasteiger partial charge in [-0.15, -0.1) is 0 Å². The largest absolute Gasteiger partial charge is 0.506 e. The van der Waals surface area contributed by atoms with E-state index in [2.05, 4.69) is 23.2 Å². The minimum atomic E-state index is 0. The van der Waals surface area contributed by atoms with Gasteiger partial charge in [-0.1, -0.05) is 54.6 Å². The first kappa shape index (κ1) is 14.3. The summed E-state index contributed by atoms with van der Waals surface area (Å²) in [5, 5.41) is 10.7. The average molecular weight is 277 g/mol. The van der Waals surface area contributed by atoms with Gasteiger partial charge in [-0.25, -0.2) is 0 Å². The van der Waals surface area contributed by atoms with Crippen LogP contribution in [0.3, 0.4) is 0 Å². The summed E-state index contributed by atoms with van der Waals surface area (Å²) in [5.74, 6) is 0.215. The molecular weight excluding hydrogens is 261 g/mol. The molecule has 98 valence electrons. The summed E-state index contributed by atoms with van der Waals surface area (Å²) in [6.07, 6.45) is 5.78. The SMILES string of the molecule is Oc1ccc(C=Cc2ccccc2)c2cccnc12.[AlH3]. The molecule has 20 heavy (non-hydrogen) atoms. The van der Waals surface area contributed by atoms with Gasteiger partial charge in [-0.2, -0.15) is 0 Å². The number of hydrogen-bond donors (Lipinski definition) is 1. The smallest absolute Gasteiger partial charge is 0.187 e. The summed E-state index contributed by atoms with van der Waals surface area (Å²) in [6.45, 7) is 0. The molecule has 0 saturated carbocycles. The van der Waals surface area contributed by atoms with Crippen molar-refractivity contribution in [1.29, 1.82) is 0 Å². The van der Waals surface area contributed by atoms with Gasteiger partial charge in [0, 0.05) is 11.6 Å². The van der Waals surface area contributed by atoms with Crippen molar-refractivity contribution in [3.05, 3.63) is 71.9 Å². The molecule has 1 N–H and O–H groups in total. The molecule has 0 radical (unpaired) electrons. The maximum absolute atomic E-state index is 9.79. The van der Waals surface area contributed by atoms with Gasteiger partial charge < -0.3 is 5.11 Å². The summed E-state index contributed by atoms with van der Waals surface area (Å²) in [4.78, 5) is 4.21. The van der Waals surface area contributed by atoms with Crippen LogP contribution in [0.1, 0.15) is 11.1 Å². The van der Waals surface area contributed by atoms with E-state index in [1.165, 1.54) is 0 Å². The molecule has 0 aliphatic heterocycles. The van der Waals surface area contributed by atoms with Crippen LogP contribution in [0.5, 0.6) is 5.75 Å². The molecule has 0 fully saturated rings. The number of pyridine rings is 1. The highest BCUT2D eigenvalue weighted by atomic mass is 27.0. The van der Waals surface area contributed by atoms with Crippen LogP contribution < -0.4 is 0 Å². The highest BCUT2D eigenvalue weighted by molar-refractivity contribution is 5.93. The molecule has 1 aromatic heterocycles. The Balaban J connectivity index is 0.00000147. The maximum Gasteiger partial charge on any atom is 0.187 e. The van der Waals surface area contributed by atoms with Crippen LogP contribution in [-0.2, 0) is 0 Å². The van der Waals surface area contributed by atoms with E-state index < -0.39 is 0 Å². The van der Waals surface area contributed by atoms with Gasteiger partial charge >= 0.3 is 0 Å². The van der Waals surface area contributed by atoms with E-state index in [1.54, 1.807) is 12.3 Å². The summed E-state index contributed by atoms with van der Waals surface area (Å²) in [6, 6.07) is 17.5. The van der Waals surface area contributed by atoms with Crippen LogP contribution in [0.4, 0.5) is 0 Å². The van der Waals surface area contributed by atoms with Crippen molar-refractivity contribution in [2.75, 3.05) is 0 Å². The third-order valence-corrected chi connectivity index (χ3v) is 3.04. The lowest BCUT2D eigenvalue weighted by Crippen LogP contribution is -1.82. The second-order valence-electron chi connectivity index (χ2n) is 4.32. The van der Waals surface area contributed by atoms with Gasteiger partial charge in [0.15, 0.2) is 17.4 Å². The molecule has 0 aliphatic rings. The molecule has 3 aromatic rings. The molecule has 0 amide bonds. The fraction of sp³-hybridized carbons (Fsp3) is 0. The van der Waals surface area contributed by atoms with Crippen LogP contribution in [-0.4, -0.2) is 27.5 Å². The number of rotatable bonds is 2. The van der Waals surface area contributed by atoms with Crippen molar-refractivity contribution in [1.82, 2.24) is 4.98 Å². The molecule has 0 aliphatic carbocycles. The Morgan fingerprint density at radius 3 is 2.45 bits per heavy atom. The number of phenolic OH excluding ortho intramolecular Hbond substituents is 1. The van der Waals surface area contributed by atoms with Crippen molar-refractivity contribution >= 4 is 40.4 Å². The van der Waals surface area contributed by atoms with E-state index in [4.69, 9.17) is 0 Å². The summed E-state index contributed by atoms with van der Waals surface area (Å²) >= 11 is 0. The highest BCUT2D eigenvalue weighted by Crippen LogP contribution is 2.26. The van der Waals surface area contributed by atoms with Gasteiger partial charge in [0.2, 0.25) is 0 Å². The summed E-state index contributed by atoms with van der Waals surface area (Å²) in [7, 11) is 0. The molecular formula is C17H16AlNO. The number of phenols is 1. The summed E-state index contributed by atoms with van der Waals surface area (Å²) < 4.78 is 0. The van der Waals surface area contributed by atoms with E-state index in [1.807, 2.05) is 42.5 Å². The third-order valence-electron chi connectivity index (χ3n) is 3.04. The molecule has 0 unspecified atom stereocenters. The number of hydrogen-bond acceptors (Lipinski definition) is 2. The molecule has 0 spiro atoms. The Labute approximate surface area is 128 Å². The summed E-state index contributed by atoms with van der Waals surface area (Å²) in [5.41, 5.74) is 2.83. The fourth-order valence-corrected chi connectivity index (χ4v) is 2.08. The number of aromatic hydroxyl groups is 1. The minimum absolute atomic E-state index is 0. The zero-order valence-corrected chi connectivity index (χ0v) is 10.3. The molecule has 0 saturated heterocycles. The Bertz CT molecular complexity index is 738.